The van der Waals surface area contributed by atoms with Crippen molar-refractivity contribution in [3.05, 3.63) is 24.3 Å². The Bertz CT molecular complexity index is 451. The fourth-order valence-electron chi connectivity index (χ4n) is 2.28. The number of nitrogens with one attached hydrogen (secondary N) is 2. The summed E-state index contributed by atoms with van der Waals surface area (Å²) in [6.07, 6.45) is 3.71. The first-order valence-corrected chi connectivity index (χ1v) is 7.57. The zero-order chi connectivity index (χ0) is 14.9. The molecule has 1 unspecified atom stereocenters. The number of carbonyl (C=O) groups is 1. The molecule has 1 saturated heterocycles. The van der Waals surface area contributed by atoms with Gasteiger partial charge in [-0.05, 0) is 45.0 Å². The number of benzene rings is 1. The molecule has 22 heavy (non-hydrogen) atoms. The van der Waals surface area contributed by atoms with Crippen LogP contribution >= 0.6 is 12.4 Å². The van der Waals surface area contributed by atoms with E-state index in [0.717, 1.165) is 43.9 Å². The fraction of sp³-hybridized carbons (Fsp3) is 0.562. The van der Waals surface area contributed by atoms with E-state index in [1.54, 1.807) is 0 Å². The summed E-state index contributed by atoms with van der Waals surface area (Å²) < 4.78 is 11.2. The smallest absolute Gasteiger partial charge is 0.224 e. The third kappa shape index (κ3) is 6.64. The summed E-state index contributed by atoms with van der Waals surface area (Å²) in [4.78, 5) is 11.8. The molecule has 1 aliphatic rings. The van der Waals surface area contributed by atoms with Crippen molar-refractivity contribution in [2.75, 3.05) is 32.1 Å². The van der Waals surface area contributed by atoms with Gasteiger partial charge < -0.3 is 20.1 Å². The summed E-state index contributed by atoms with van der Waals surface area (Å²) in [5.41, 5.74) is 0.772. The molecule has 124 valence electrons. The van der Waals surface area contributed by atoms with E-state index in [4.69, 9.17) is 9.47 Å². The first-order valence-electron chi connectivity index (χ1n) is 7.57. The zero-order valence-corrected chi connectivity index (χ0v) is 13.8. The first kappa shape index (κ1) is 18.7. The van der Waals surface area contributed by atoms with Crippen molar-refractivity contribution < 1.29 is 14.3 Å². The van der Waals surface area contributed by atoms with E-state index in [-0.39, 0.29) is 24.4 Å². The van der Waals surface area contributed by atoms with Crippen molar-refractivity contribution in [1.82, 2.24) is 5.32 Å². The molecule has 0 spiro atoms. The summed E-state index contributed by atoms with van der Waals surface area (Å²) in [6.45, 7) is 2.24. The highest BCUT2D eigenvalue weighted by molar-refractivity contribution is 5.90. The van der Waals surface area contributed by atoms with Gasteiger partial charge in [0.25, 0.3) is 0 Å². The molecular weight excluding hydrogens is 304 g/mol. The monoisotopic (exact) mass is 328 g/mol. The molecule has 0 saturated carbocycles. The number of hydrogen-bond acceptors (Lipinski definition) is 4. The molecule has 1 fully saturated rings. The molecule has 0 aliphatic carbocycles. The van der Waals surface area contributed by atoms with E-state index >= 15 is 0 Å². The van der Waals surface area contributed by atoms with Gasteiger partial charge in [0.2, 0.25) is 5.91 Å². The molecule has 1 aromatic carbocycles. The quantitative estimate of drug-likeness (QED) is 0.720. The number of hydrogen-bond donors (Lipinski definition) is 2. The van der Waals surface area contributed by atoms with Crippen molar-refractivity contribution >= 4 is 24.0 Å². The number of anilines is 1. The van der Waals surface area contributed by atoms with Crippen LogP contribution in [-0.4, -0.2) is 38.8 Å². The molecule has 5 nitrogen and oxygen atoms in total. The molecule has 1 amide bonds. The third-order valence-electron chi connectivity index (χ3n) is 3.41. The van der Waals surface area contributed by atoms with E-state index < -0.39 is 0 Å². The molecule has 2 rings (SSSR count). The SMILES string of the molecule is CNCCCC(=O)Nc1cccc(OCC2CCCO2)c1.Cl. The van der Waals surface area contributed by atoms with E-state index in [1.165, 1.54) is 0 Å². The maximum atomic E-state index is 11.8. The summed E-state index contributed by atoms with van der Waals surface area (Å²) in [5, 5.41) is 5.92. The Balaban J connectivity index is 0.00000242. The highest BCUT2D eigenvalue weighted by atomic mass is 35.5. The molecule has 1 aromatic rings. The van der Waals surface area contributed by atoms with Crippen molar-refractivity contribution in [3.8, 4) is 5.75 Å². The van der Waals surface area contributed by atoms with Crippen LogP contribution in [0.2, 0.25) is 0 Å². The van der Waals surface area contributed by atoms with Crippen molar-refractivity contribution in [3.63, 3.8) is 0 Å². The average Bonchev–Trinajstić information content (AvgIpc) is 2.99. The number of amides is 1. The Kier molecular flexibility index (Phi) is 8.89. The second-order valence-corrected chi connectivity index (χ2v) is 5.23. The van der Waals surface area contributed by atoms with Crippen LogP contribution in [0.4, 0.5) is 5.69 Å². The highest BCUT2D eigenvalue weighted by Gasteiger charge is 2.16. The van der Waals surface area contributed by atoms with Crippen LogP contribution < -0.4 is 15.4 Å². The maximum Gasteiger partial charge on any atom is 0.224 e. The molecule has 0 radical (unpaired) electrons. The van der Waals surface area contributed by atoms with Gasteiger partial charge in [0, 0.05) is 24.8 Å². The standard InChI is InChI=1S/C16H24N2O3.ClH/c1-17-9-3-8-16(19)18-13-5-2-6-14(11-13)21-12-15-7-4-10-20-15;/h2,5-6,11,15,17H,3-4,7-10,12H2,1H3,(H,18,19);1H. The fourth-order valence-corrected chi connectivity index (χ4v) is 2.28. The summed E-state index contributed by atoms with van der Waals surface area (Å²) in [5.74, 6) is 0.792. The Morgan fingerprint density at radius 2 is 2.32 bits per heavy atom. The van der Waals surface area contributed by atoms with Gasteiger partial charge in [0.1, 0.15) is 12.4 Å². The van der Waals surface area contributed by atoms with Crippen LogP contribution in [-0.2, 0) is 9.53 Å². The summed E-state index contributed by atoms with van der Waals surface area (Å²) >= 11 is 0. The lowest BCUT2D eigenvalue weighted by Gasteiger charge is -2.12. The van der Waals surface area contributed by atoms with Crippen molar-refractivity contribution in [2.24, 2.45) is 0 Å². The average molecular weight is 329 g/mol. The van der Waals surface area contributed by atoms with Gasteiger partial charge in [-0.3, -0.25) is 4.79 Å². The van der Waals surface area contributed by atoms with Crippen LogP contribution in [0, 0.1) is 0 Å². The second-order valence-electron chi connectivity index (χ2n) is 5.23. The Morgan fingerprint density at radius 3 is 3.05 bits per heavy atom. The molecule has 6 heteroatoms. The lowest BCUT2D eigenvalue weighted by molar-refractivity contribution is -0.116. The molecule has 0 aromatic heterocycles. The minimum absolute atomic E-state index is 0. The predicted octanol–water partition coefficient (Wildman–Crippen LogP) is 2.60. The predicted molar refractivity (Wildman–Crippen MR) is 89.9 cm³/mol. The van der Waals surface area contributed by atoms with Gasteiger partial charge in [-0.1, -0.05) is 6.07 Å². The van der Waals surface area contributed by atoms with E-state index in [2.05, 4.69) is 10.6 Å². The largest absolute Gasteiger partial charge is 0.491 e. The van der Waals surface area contributed by atoms with Gasteiger partial charge in [0.05, 0.1) is 6.10 Å². The van der Waals surface area contributed by atoms with Crippen LogP contribution in [0.5, 0.6) is 5.75 Å². The Hall–Kier alpha value is -1.30. The molecule has 2 N–H and O–H groups in total. The number of halogens is 1. The van der Waals surface area contributed by atoms with Crippen LogP contribution in [0.1, 0.15) is 25.7 Å². The first-order chi connectivity index (χ1) is 10.3. The van der Waals surface area contributed by atoms with Gasteiger partial charge in [0.15, 0.2) is 0 Å². The molecule has 0 bridgehead atoms. The van der Waals surface area contributed by atoms with E-state index in [0.29, 0.717) is 13.0 Å². The minimum Gasteiger partial charge on any atom is -0.491 e. The lowest BCUT2D eigenvalue weighted by atomic mass is 10.2. The zero-order valence-electron chi connectivity index (χ0n) is 13.0. The van der Waals surface area contributed by atoms with Crippen LogP contribution in [0.15, 0.2) is 24.3 Å². The molecule has 1 heterocycles. The van der Waals surface area contributed by atoms with Gasteiger partial charge in [-0.25, -0.2) is 0 Å². The van der Waals surface area contributed by atoms with Crippen LogP contribution in [0.25, 0.3) is 0 Å². The summed E-state index contributed by atoms with van der Waals surface area (Å²) in [6, 6.07) is 7.50. The van der Waals surface area contributed by atoms with Crippen molar-refractivity contribution in [1.29, 1.82) is 0 Å². The minimum atomic E-state index is 0. The Morgan fingerprint density at radius 1 is 1.45 bits per heavy atom. The van der Waals surface area contributed by atoms with Gasteiger partial charge in [-0.2, -0.15) is 0 Å². The maximum absolute atomic E-state index is 11.8. The van der Waals surface area contributed by atoms with E-state index in [9.17, 15) is 4.79 Å². The molecule has 1 atom stereocenters. The number of rotatable bonds is 8. The lowest BCUT2D eigenvalue weighted by Crippen LogP contribution is -2.17. The van der Waals surface area contributed by atoms with Gasteiger partial charge in [-0.15, -0.1) is 12.4 Å². The normalized spacial score (nSPS) is 16.9. The van der Waals surface area contributed by atoms with Crippen LogP contribution in [0.3, 0.4) is 0 Å². The van der Waals surface area contributed by atoms with E-state index in [1.807, 2.05) is 31.3 Å². The van der Waals surface area contributed by atoms with Gasteiger partial charge >= 0.3 is 0 Å². The number of ether oxygens (including phenoxy) is 2. The van der Waals surface area contributed by atoms with Crippen molar-refractivity contribution in [2.45, 2.75) is 31.8 Å². The number of carbonyl (C=O) groups excluding carboxylic acids is 1. The Labute approximate surface area is 138 Å². The molecular formula is C16H25ClN2O3. The topological polar surface area (TPSA) is 59.6 Å². The molecule has 1 aliphatic heterocycles. The highest BCUT2D eigenvalue weighted by Crippen LogP contribution is 2.19. The third-order valence-corrected chi connectivity index (χ3v) is 3.41. The summed E-state index contributed by atoms with van der Waals surface area (Å²) in [7, 11) is 1.88. The second kappa shape index (κ2) is 10.4.